The minimum Gasteiger partial charge on any atom is -0.367 e. The van der Waals surface area contributed by atoms with E-state index < -0.39 is 5.95 Å². The zero-order valence-electron chi connectivity index (χ0n) is 9.98. The van der Waals surface area contributed by atoms with Crippen molar-refractivity contribution in [3.63, 3.8) is 0 Å². The van der Waals surface area contributed by atoms with Crippen LogP contribution in [0.4, 0.5) is 10.2 Å². The molecule has 0 bridgehead atoms. The highest BCUT2D eigenvalue weighted by Gasteiger charge is 2.20. The van der Waals surface area contributed by atoms with E-state index in [2.05, 4.69) is 47.1 Å². The number of nitrogens with one attached hydrogen (secondary N) is 1. The molecule has 0 amide bonds. The molecule has 0 saturated heterocycles. The topological polar surface area (TPSA) is 37.8 Å². The summed E-state index contributed by atoms with van der Waals surface area (Å²) in [5.74, 6) is 0.531. The van der Waals surface area contributed by atoms with E-state index in [-0.39, 0.29) is 0 Å². The standard InChI is InChI=1S/C8H9BrN2.C5H3BrFN/c9-6-1-4-8(10-5-6)11-7-2-3-7;6-4-1-2-5(7)8-3-4/h1,4-5,7H,2-3H2,(H,10,11);1-3H. The Morgan fingerprint density at radius 1 is 1.00 bits per heavy atom. The van der Waals surface area contributed by atoms with E-state index in [0.717, 1.165) is 14.8 Å². The van der Waals surface area contributed by atoms with Crippen LogP contribution in [0.3, 0.4) is 0 Å². The molecule has 3 nitrogen and oxygen atoms in total. The molecule has 6 heteroatoms. The number of aromatic nitrogens is 2. The summed E-state index contributed by atoms with van der Waals surface area (Å²) in [6.45, 7) is 0. The van der Waals surface area contributed by atoms with Crippen molar-refractivity contribution in [1.82, 2.24) is 9.97 Å². The number of nitrogens with zero attached hydrogens (tertiary/aromatic N) is 2. The molecular weight excluding hydrogens is 377 g/mol. The summed E-state index contributed by atoms with van der Waals surface area (Å²) in [5, 5.41) is 3.31. The van der Waals surface area contributed by atoms with Crippen molar-refractivity contribution >= 4 is 37.7 Å². The van der Waals surface area contributed by atoms with Gasteiger partial charge in [0.25, 0.3) is 0 Å². The van der Waals surface area contributed by atoms with Crippen molar-refractivity contribution < 1.29 is 4.39 Å². The van der Waals surface area contributed by atoms with Crippen LogP contribution < -0.4 is 5.32 Å². The summed E-state index contributed by atoms with van der Waals surface area (Å²) in [6.07, 6.45) is 5.80. The fraction of sp³-hybridized carbons (Fsp3) is 0.231. The number of anilines is 1. The molecule has 19 heavy (non-hydrogen) atoms. The summed E-state index contributed by atoms with van der Waals surface area (Å²) >= 11 is 6.45. The van der Waals surface area contributed by atoms with E-state index >= 15 is 0 Å². The second kappa shape index (κ2) is 6.96. The normalized spacial score (nSPS) is 13.4. The number of hydrogen-bond donors (Lipinski definition) is 1. The lowest BCUT2D eigenvalue weighted by Crippen LogP contribution is -2.01. The Morgan fingerprint density at radius 2 is 1.63 bits per heavy atom. The van der Waals surface area contributed by atoms with Crippen molar-refractivity contribution in [2.75, 3.05) is 5.32 Å². The molecule has 3 rings (SSSR count). The molecule has 2 heterocycles. The van der Waals surface area contributed by atoms with Crippen LogP contribution in [-0.4, -0.2) is 16.0 Å². The highest BCUT2D eigenvalue weighted by molar-refractivity contribution is 9.10. The molecule has 0 aromatic carbocycles. The van der Waals surface area contributed by atoms with Crippen LogP contribution in [-0.2, 0) is 0 Å². The van der Waals surface area contributed by atoms with Gasteiger partial charge in [-0.1, -0.05) is 0 Å². The van der Waals surface area contributed by atoms with Gasteiger partial charge >= 0.3 is 0 Å². The molecule has 1 aliphatic rings. The summed E-state index contributed by atoms with van der Waals surface area (Å²) in [6, 6.07) is 7.57. The van der Waals surface area contributed by atoms with Crippen molar-refractivity contribution in [3.8, 4) is 0 Å². The maximum Gasteiger partial charge on any atom is 0.212 e. The monoisotopic (exact) mass is 387 g/mol. The van der Waals surface area contributed by atoms with Crippen LogP contribution in [0.15, 0.2) is 45.6 Å². The van der Waals surface area contributed by atoms with Crippen LogP contribution in [0.25, 0.3) is 0 Å². The summed E-state index contributed by atoms with van der Waals surface area (Å²) in [7, 11) is 0. The molecule has 2 aromatic heterocycles. The third-order valence-corrected chi connectivity index (χ3v) is 3.29. The smallest absolute Gasteiger partial charge is 0.212 e. The number of rotatable bonds is 2. The fourth-order valence-corrected chi connectivity index (χ4v) is 1.72. The second-order valence-corrected chi connectivity index (χ2v) is 5.91. The number of halogens is 3. The largest absolute Gasteiger partial charge is 0.367 e. The van der Waals surface area contributed by atoms with E-state index in [1.165, 1.54) is 25.1 Å². The highest BCUT2D eigenvalue weighted by Crippen LogP contribution is 2.23. The van der Waals surface area contributed by atoms with Gasteiger partial charge in [-0.3, -0.25) is 0 Å². The van der Waals surface area contributed by atoms with Crippen LogP contribution in [0, 0.1) is 5.95 Å². The molecule has 1 aliphatic carbocycles. The average Bonchev–Trinajstić information content (AvgIpc) is 3.21. The molecule has 1 N–H and O–H groups in total. The van der Waals surface area contributed by atoms with Gasteiger partial charge in [-0.05, 0) is 69.0 Å². The Hall–Kier alpha value is -1.01. The molecule has 1 saturated carbocycles. The quantitative estimate of drug-likeness (QED) is 0.774. The molecule has 1 fully saturated rings. The van der Waals surface area contributed by atoms with Gasteiger partial charge in [-0.25, -0.2) is 9.97 Å². The maximum atomic E-state index is 12.0. The zero-order chi connectivity index (χ0) is 13.7. The lowest BCUT2D eigenvalue weighted by atomic mass is 10.4. The Kier molecular flexibility index (Phi) is 5.27. The van der Waals surface area contributed by atoms with E-state index in [4.69, 9.17) is 0 Å². The second-order valence-electron chi connectivity index (χ2n) is 4.08. The number of pyridine rings is 2. The SMILES string of the molecule is Brc1ccc(NC2CC2)nc1.Fc1ccc(Br)cn1. The maximum absolute atomic E-state index is 12.0. The van der Waals surface area contributed by atoms with Crippen molar-refractivity contribution in [3.05, 3.63) is 51.6 Å². The first-order valence-corrected chi connectivity index (χ1v) is 7.37. The molecule has 0 atom stereocenters. The molecular formula is C13H12Br2FN3. The lowest BCUT2D eigenvalue weighted by molar-refractivity contribution is 0.583. The van der Waals surface area contributed by atoms with E-state index in [1.54, 1.807) is 6.07 Å². The van der Waals surface area contributed by atoms with Crippen LogP contribution in [0.2, 0.25) is 0 Å². The summed E-state index contributed by atoms with van der Waals surface area (Å²) < 4.78 is 13.8. The summed E-state index contributed by atoms with van der Waals surface area (Å²) in [4.78, 5) is 7.57. The van der Waals surface area contributed by atoms with Crippen LogP contribution in [0.1, 0.15) is 12.8 Å². The van der Waals surface area contributed by atoms with Gasteiger partial charge < -0.3 is 5.32 Å². The Morgan fingerprint density at radius 3 is 2.05 bits per heavy atom. The van der Waals surface area contributed by atoms with Crippen LogP contribution in [0.5, 0.6) is 0 Å². The van der Waals surface area contributed by atoms with Gasteiger partial charge in [-0.2, -0.15) is 4.39 Å². The van der Waals surface area contributed by atoms with Gasteiger partial charge in [0.1, 0.15) is 5.82 Å². The van der Waals surface area contributed by atoms with E-state index in [1.807, 2.05) is 18.3 Å². The average molecular weight is 389 g/mol. The predicted molar refractivity (Wildman–Crippen MR) is 80.5 cm³/mol. The molecule has 0 aliphatic heterocycles. The van der Waals surface area contributed by atoms with Crippen molar-refractivity contribution in [2.24, 2.45) is 0 Å². The number of hydrogen-bond acceptors (Lipinski definition) is 3. The van der Waals surface area contributed by atoms with Crippen LogP contribution >= 0.6 is 31.9 Å². The lowest BCUT2D eigenvalue weighted by Gasteiger charge is -2.01. The van der Waals surface area contributed by atoms with Gasteiger partial charge in [0.05, 0.1) is 0 Å². The molecule has 0 unspecified atom stereocenters. The zero-order valence-corrected chi connectivity index (χ0v) is 13.2. The minimum atomic E-state index is -0.451. The van der Waals surface area contributed by atoms with Gasteiger partial charge in [0.15, 0.2) is 0 Å². The molecule has 0 radical (unpaired) electrons. The fourth-order valence-electron chi connectivity index (χ4n) is 1.26. The summed E-state index contributed by atoms with van der Waals surface area (Å²) in [5.41, 5.74) is 0. The minimum absolute atomic E-state index is 0.451. The highest BCUT2D eigenvalue weighted by atomic mass is 79.9. The first-order valence-electron chi connectivity index (χ1n) is 5.78. The first-order chi connectivity index (χ1) is 9.13. The van der Waals surface area contributed by atoms with Crippen molar-refractivity contribution in [2.45, 2.75) is 18.9 Å². The van der Waals surface area contributed by atoms with E-state index in [9.17, 15) is 4.39 Å². The van der Waals surface area contributed by atoms with Gasteiger partial charge in [0.2, 0.25) is 5.95 Å². The Labute approximate surface area is 127 Å². The first kappa shape index (κ1) is 14.4. The van der Waals surface area contributed by atoms with Gasteiger partial charge in [-0.15, -0.1) is 0 Å². The Bertz CT molecular complexity index is 491. The predicted octanol–water partition coefficient (Wildman–Crippen LogP) is 4.40. The molecule has 100 valence electrons. The molecule has 0 spiro atoms. The molecule has 2 aromatic rings. The third-order valence-electron chi connectivity index (χ3n) is 2.35. The third kappa shape index (κ3) is 5.65. The van der Waals surface area contributed by atoms with Crippen molar-refractivity contribution in [1.29, 1.82) is 0 Å². The van der Waals surface area contributed by atoms with Gasteiger partial charge in [0, 0.05) is 27.4 Å². The Balaban J connectivity index is 0.000000148. The van der Waals surface area contributed by atoms with E-state index in [0.29, 0.717) is 6.04 Å².